The number of rotatable bonds is 2. The number of carbonyl (C=O) groups excluding carboxylic acids is 1. The van der Waals surface area contributed by atoms with E-state index >= 15 is 0 Å². The Morgan fingerprint density at radius 2 is 1.92 bits per heavy atom. The molecule has 0 aliphatic rings. The average Bonchev–Trinajstić information content (AvgIpc) is 2.03. The Balaban J connectivity index is 2.77. The van der Waals surface area contributed by atoms with Crippen molar-refractivity contribution in [3.63, 3.8) is 0 Å². The second kappa shape index (κ2) is 4.16. The molecule has 0 radical (unpaired) electrons. The van der Waals surface area contributed by atoms with E-state index in [0.29, 0.717) is 0 Å². The molecule has 3 heteroatoms. The predicted molar refractivity (Wildman–Crippen MR) is 49.4 cm³/mol. The molecule has 0 heterocycles. The molecule has 0 spiro atoms. The van der Waals surface area contributed by atoms with Crippen LogP contribution in [0.1, 0.15) is 5.56 Å². The van der Waals surface area contributed by atoms with Gasteiger partial charge in [-0.3, -0.25) is 4.79 Å². The minimum absolute atomic E-state index is 0.202. The molecule has 0 unspecified atom stereocenters. The molecule has 0 amide bonds. The summed E-state index contributed by atoms with van der Waals surface area (Å²) in [6.45, 7) is 0. The summed E-state index contributed by atoms with van der Waals surface area (Å²) < 4.78 is 12.2. The average molecular weight is 229 g/mol. The summed E-state index contributed by atoms with van der Waals surface area (Å²) in [6.07, 6.45) is 2.98. The summed E-state index contributed by atoms with van der Waals surface area (Å²) >= 11 is 2.75. The first kappa shape index (κ1) is 9.13. The Morgan fingerprint density at radius 3 is 2.42 bits per heavy atom. The topological polar surface area (TPSA) is 17.1 Å². The second-order valence-electron chi connectivity index (χ2n) is 2.19. The monoisotopic (exact) mass is 228 g/mol. The van der Waals surface area contributed by atoms with Crippen molar-refractivity contribution in [3.05, 3.63) is 41.7 Å². The largest absolute Gasteiger partial charge is 0.282 e. The van der Waals surface area contributed by atoms with Crippen LogP contribution in [0.5, 0.6) is 0 Å². The molecule has 62 valence electrons. The van der Waals surface area contributed by atoms with E-state index in [4.69, 9.17) is 0 Å². The van der Waals surface area contributed by atoms with Crippen LogP contribution in [-0.4, -0.2) is 4.69 Å². The van der Waals surface area contributed by atoms with Crippen molar-refractivity contribution in [2.75, 3.05) is 0 Å². The fourth-order valence-electron chi connectivity index (χ4n) is 0.736. The highest BCUT2D eigenvalue weighted by Crippen LogP contribution is 2.04. The lowest BCUT2D eigenvalue weighted by atomic mass is 10.2. The molecule has 1 nitrogen and oxygen atoms in total. The molecule has 0 atom stereocenters. The molecule has 0 N–H and O–H groups in total. The van der Waals surface area contributed by atoms with E-state index in [-0.39, 0.29) is 10.5 Å². The summed E-state index contributed by atoms with van der Waals surface area (Å²) in [7, 11) is 0. The van der Waals surface area contributed by atoms with Crippen molar-refractivity contribution in [2.45, 2.75) is 0 Å². The Kier molecular flexibility index (Phi) is 3.17. The molecule has 1 aromatic rings. The molecule has 0 fully saturated rings. The van der Waals surface area contributed by atoms with Gasteiger partial charge < -0.3 is 0 Å². The van der Waals surface area contributed by atoms with Crippen LogP contribution in [0.3, 0.4) is 0 Å². The Hall–Kier alpha value is -0.960. The lowest BCUT2D eigenvalue weighted by molar-refractivity contribution is -0.106. The van der Waals surface area contributed by atoms with E-state index in [1.165, 1.54) is 18.2 Å². The third-order valence-corrected chi connectivity index (χ3v) is 1.54. The number of carbonyl (C=O) groups is 1. The molecule has 0 saturated carbocycles. The highest BCUT2D eigenvalue weighted by atomic mass is 79.9. The van der Waals surface area contributed by atoms with Crippen LogP contribution in [0.4, 0.5) is 4.39 Å². The first-order valence-corrected chi connectivity index (χ1v) is 4.11. The van der Waals surface area contributed by atoms with Crippen LogP contribution in [-0.2, 0) is 4.79 Å². The van der Waals surface area contributed by atoms with Crippen LogP contribution in [0.25, 0.3) is 6.08 Å². The Morgan fingerprint density at radius 1 is 1.33 bits per heavy atom. The quantitative estimate of drug-likeness (QED) is 0.562. The fourth-order valence-corrected chi connectivity index (χ4v) is 0.868. The highest BCUT2D eigenvalue weighted by molar-refractivity contribution is 9.18. The third kappa shape index (κ3) is 2.96. The van der Waals surface area contributed by atoms with Gasteiger partial charge >= 0.3 is 0 Å². The van der Waals surface area contributed by atoms with E-state index in [2.05, 4.69) is 15.9 Å². The summed E-state index contributed by atoms with van der Waals surface area (Å²) in [6, 6.07) is 5.89. The Bertz CT molecular complexity index is 303. The van der Waals surface area contributed by atoms with Crippen LogP contribution in [0, 0.1) is 5.82 Å². The lowest BCUT2D eigenvalue weighted by Crippen LogP contribution is -1.77. The van der Waals surface area contributed by atoms with Crippen molar-refractivity contribution in [2.24, 2.45) is 0 Å². The van der Waals surface area contributed by atoms with Crippen molar-refractivity contribution >= 4 is 26.7 Å². The van der Waals surface area contributed by atoms with Gasteiger partial charge in [-0.15, -0.1) is 0 Å². The molecule has 0 aliphatic carbocycles. The molecule has 1 rings (SSSR count). The minimum Gasteiger partial charge on any atom is -0.282 e. The zero-order valence-electron chi connectivity index (χ0n) is 6.13. The maximum absolute atomic E-state index is 12.4. The molecule has 0 bridgehead atoms. The smallest absolute Gasteiger partial charge is 0.220 e. The Labute approximate surface area is 78.0 Å². The molecule has 12 heavy (non-hydrogen) atoms. The van der Waals surface area contributed by atoms with Crippen molar-refractivity contribution < 1.29 is 9.18 Å². The van der Waals surface area contributed by atoms with Gasteiger partial charge in [-0.1, -0.05) is 18.2 Å². The zero-order valence-corrected chi connectivity index (χ0v) is 7.71. The van der Waals surface area contributed by atoms with Crippen molar-refractivity contribution in [1.82, 2.24) is 0 Å². The summed E-state index contributed by atoms with van der Waals surface area (Å²) in [5, 5.41) is 0. The van der Waals surface area contributed by atoms with Gasteiger partial charge in [0.15, 0.2) is 0 Å². The molecule has 0 aliphatic heterocycles. The number of hydrogen-bond acceptors (Lipinski definition) is 1. The fraction of sp³-hybridized carbons (Fsp3) is 0. The van der Waals surface area contributed by atoms with Gasteiger partial charge in [-0.2, -0.15) is 0 Å². The minimum atomic E-state index is -0.280. The van der Waals surface area contributed by atoms with Gasteiger partial charge in [0.25, 0.3) is 0 Å². The van der Waals surface area contributed by atoms with E-state index in [9.17, 15) is 9.18 Å². The standard InChI is InChI=1S/C9H6BrFO/c10-9(12)6-3-7-1-4-8(11)5-2-7/h1-6H. The lowest BCUT2D eigenvalue weighted by Gasteiger charge is -1.90. The second-order valence-corrected chi connectivity index (χ2v) is 2.97. The summed E-state index contributed by atoms with van der Waals surface area (Å²) in [5.74, 6) is -0.280. The van der Waals surface area contributed by atoms with E-state index < -0.39 is 0 Å². The predicted octanol–water partition coefficient (Wildman–Crippen LogP) is 2.76. The number of halogens is 2. The number of allylic oxidation sites excluding steroid dienone is 1. The molecular weight excluding hydrogens is 223 g/mol. The van der Waals surface area contributed by atoms with Crippen LogP contribution in [0.2, 0.25) is 0 Å². The maximum atomic E-state index is 12.4. The van der Waals surface area contributed by atoms with Gasteiger partial charge in [0.1, 0.15) is 5.82 Å². The van der Waals surface area contributed by atoms with Crippen molar-refractivity contribution in [3.8, 4) is 0 Å². The SMILES string of the molecule is O=C(Br)C=Cc1ccc(F)cc1. The van der Waals surface area contributed by atoms with Gasteiger partial charge in [-0.25, -0.2) is 4.39 Å². The zero-order chi connectivity index (χ0) is 8.97. The summed E-state index contributed by atoms with van der Waals surface area (Å²) in [5.41, 5.74) is 0.796. The first-order valence-electron chi connectivity index (χ1n) is 3.31. The van der Waals surface area contributed by atoms with Crippen LogP contribution < -0.4 is 0 Å². The van der Waals surface area contributed by atoms with Gasteiger partial charge in [0.05, 0.1) is 0 Å². The third-order valence-electron chi connectivity index (χ3n) is 1.28. The first-order chi connectivity index (χ1) is 5.68. The number of benzene rings is 1. The maximum Gasteiger partial charge on any atom is 0.220 e. The molecular formula is C9H6BrFO. The van der Waals surface area contributed by atoms with Crippen molar-refractivity contribution in [1.29, 1.82) is 0 Å². The van der Waals surface area contributed by atoms with E-state index in [1.807, 2.05) is 0 Å². The molecule has 0 saturated heterocycles. The van der Waals surface area contributed by atoms with Gasteiger partial charge in [0, 0.05) is 0 Å². The van der Waals surface area contributed by atoms with Crippen LogP contribution in [0.15, 0.2) is 30.3 Å². The molecule has 0 aromatic heterocycles. The summed E-state index contributed by atoms with van der Waals surface area (Å²) in [4.78, 5) is 10.4. The van der Waals surface area contributed by atoms with E-state index in [0.717, 1.165) is 5.56 Å². The molecule has 1 aromatic carbocycles. The van der Waals surface area contributed by atoms with Gasteiger partial charge in [0.2, 0.25) is 4.69 Å². The normalized spacial score (nSPS) is 10.5. The highest BCUT2D eigenvalue weighted by Gasteiger charge is 1.89. The van der Waals surface area contributed by atoms with Crippen LogP contribution >= 0.6 is 15.9 Å². The number of hydrogen-bond donors (Lipinski definition) is 0. The van der Waals surface area contributed by atoms with Gasteiger partial charge in [-0.05, 0) is 39.7 Å². The van der Waals surface area contributed by atoms with E-state index in [1.54, 1.807) is 18.2 Å².